The summed E-state index contributed by atoms with van der Waals surface area (Å²) in [4.78, 5) is 15.8. The maximum Gasteiger partial charge on any atom is 0.140 e. The molecule has 0 atom stereocenters. The zero-order valence-electron chi connectivity index (χ0n) is 14.9. The second kappa shape index (κ2) is 7.47. The molecule has 0 unspecified atom stereocenters. The van der Waals surface area contributed by atoms with Gasteiger partial charge in [0.1, 0.15) is 12.1 Å². The smallest absolute Gasteiger partial charge is 0.140 e. The fraction of sp³-hybridized carbons (Fsp3) is 0.316. The Morgan fingerprint density at radius 1 is 1.08 bits per heavy atom. The molecule has 3 heterocycles. The van der Waals surface area contributed by atoms with Crippen molar-refractivity contribution in [1.82, 2.24) is 15.0 Å². The monoisotopic (exact) mass is 367 g/mol. The molecule has 1 aliphatic heterocycles. The van der Waals surface area contributed by atoms with Crippen molar-refractivity contribution in [3.05, 3.63) is 42.5 Å². The van der Waals surface area contributed by atoms with Crippen molar-refractivity contribution >= 4 is 34.4 Å². The van der Waals surface area contributed by atoms with E-state index in [2.05, 4.69) is 48.8 Å². The van der Waals surface area contributed by atoms with Gasteiger partial charge in [-0.15, -0.1) is 0 Å². The van der Waals surface area contributed by atoms with E-state index < -0.39 is 0 Å². The Morgan fingerprint density at radius 2 is 1.92 bits per heavy atom. The van der Waals surface area contributed by atoms with Crippen LogP contribution in [0.1, 0.15) is 5.69 Å². The van der Waals surface area contributed by atoms with Crippen LogP contribution in [0.2, 0.25) is 0 Å². The van der Waals surface area contributed by atoms with Gasteiger partial charge in [-0.25, -0.2) is 9.97 Å². The summed E-state index contributed by atoms with van der Waals surface area (Å²) in [5.74, 6) is 0.975. The number of nitrogens with zero attached hydrogens (tertiary/aromatic N) is 4. The van der Waals surface area contributed by atoms with E-state index in [1.807, 2.05) is 19.4 Å². The van der Waals surface area contributed by atoms with Crippen LogP contribution in [0.25, 0.3) is 22.0 Å². The highest BCUT2D eigenvalue weighted by atomic mass is 32.2. The molecule has 134 valence electrons. The Labute approximate surface area is 157 Å². The molecule has 0 radical (unpaired) electrons. The van der Waals surface area contributed by atoms with Gasteiger partial charge >= 0.3 is 0 Å². The lowest BCUT2D eigenvalue weighted by atomic mass is 10.0. The van der Waals surface area contributed by atoms with Gasteiger partial charge in [0.05, 0.1) is 30.1 Å². The van der Waals surface area contributed by atoms with Gasteiger partial charge in [-0.1, -0.05) is 18.0 Å². The number of rotatable bonds is 4. The van der Waals surface area contributed by atoms with Crippen LogP contribution in [0.15, 0.2) is 36.8 Å². The Hall–Kier alpha value is -2.38. The van der Waals surface area contributed by atoms with Crippen LogP contribution in [-0.2, 0) is 4.74 Å². The summed E-state index contributed by atoms with van der Waals surface area (Å²) in [5.41, 5.74) is 5.16. The third kappa shape index (κ3) is 3.32. The molecule has 1 saturated heterocycles. The van der Waals surface area contributed by atoms with E-state index in [1.54, 1.807) is 18.3 Å². The quantitative estimate of drug-likeness (QED) is 0.708. The summed E-state index contributed by atoms with van der Waals surface area (Å²) >= 11 is 1.57. The Kier molecular flexibility index (Phi) is 4.90. The summed E-state index contributed by atoms with van der Waals surface area (Å²) in [7, 11) is 0. The molecule has 26 heavy (non-hydrogen) atoms. The van der Waals surface area contributed by atoms with Gasteiger partial charge in [-0.2, -0.15) is 0 Å². The van der Waals surface area contributed by atoms with E-state index in [9.17, 15) is 0 Å². The van der Waals surface area contributed by atoms with Crippen LogP contribution in [-0.4, -0.2) is 47.5 Å². The predicted molar refractivity (Wildman–Crippen MR) is 108 cm³/mol. The third-order valence-electron chi connectivity index (χ3n) is 4.56. The van der Waals surface area contributed by atoms with Crippen molar-refractivity contribution < 1.29 is 4.74 Å². The average Bonchev–Trinajstić information content (AvgIpc) is 2.69. The number of benzene rings is 1. The molecule has 1 aromatic carbocycles. The highest BCUT2D eigenvalue weighted by molar-refractivity contribution is 7.99. The van der Waals surface area contributed by atoms with Crippen LogP contribution in [0.3, 0.4) is 0 Å². The highest BCUT2D eigenvalue weighted by Gasteiger charge is 2.16. The number of fused-ring (bicyclic) bond motifs is 1. The van der Waals surface area contributed by atoms with Gasteiger partial charge in [0.15, 0.2) is 0 Å². The topological polar surface area (TPSA) is 63.2 Å². The van der Waals surface area contributed by atoms with E-state index in [1.165, 1.54) is 0 Å². The molecule has 1 aliphatic rings. The van der Waals surface area contributed by atoms with E-state index in [-0.39, 0.29) is 0 Å². The molecule has 1 fully saturated rings. The third-order valence-corrected chi connectivity index (χ3v) is 4.98. The van der Waals surface area contributed by atoms with Crippen LogP contribution in [0.5, 0.6) is 0 Å². The Bertz CT molecular complexity index is 927. The van der Waals surface area contributed by atoms with Crippen molar-refractivity contribution in [3.8, 4) is 11.1 Å². The number of hydrogen-bond acceptors (Lipinski definition) is 7. The van der Waals surface area contributed by atoms with Crippen LogP contribution >= 0.6 is 11.9 Å². The molecule has 3 aromatic rings. The van der Waals surface area contributed by atoms with Gasteiger partial charge in [-0.05, 0) is 30.7 Å². The molecular formula is C19H21N5OS. The normalized spacial score (nSPS) is 14.6. The standard InChI is InChI=1S/C19H21N5OS/c1-13-18(23-26-2)10-15(11-20-13)14-3-4-17-16(9-14)19(22-12-21-17)24-5-7-25-8-6-24/h3-4,9-12,23H,5-8H2,1-2H3. The van der Waals surface area contributed by atoms with Gasteiger partial charge in [-0.3, -0.25) is 4.98 Å². The maximum atomic E-state index is 5.47. The fourth-order valence-electron chi connectivity index (χ4n) is 3.15. The summed E-state index contributed by atoms with van der Waals surface area (Å²) in [6.07, 6.45) is 5.56. The zero-order valence-corrected chi connectivity index (χ0v) is 15.7. The van der Waals surface area contributed by atoms with Gasteiger partial charge in [0, 0.05) is 36.5 Å². The minimum atomic E-state index is 0.733. The van der Waals surface area contributed by atoms with E-state index in [0.717, 1.165) is 65.5 Å². The minimum Gasteiger partial charge on any atom is -0.378 e. The maximum absolute atomic E-state index is 5.47. The number of anilines is 2. The molecule has 0 saturated carbocycles. The minimum absolute atomic E-state index is 0.733. The number of nitrogens with one attached hydrogen (secondary N) is 1. The van der Waals surface area contributed by atoms with Crippen molar-refractivity contribution in [2.24, 2.45) is 0 Å². The van der Waals surface area contributed by atoms with Crippen molar-refractivity contribution in [2.45, 2.75) is 6.92 Å². The first-order valence-electron chi connectivity index (χ1n) is 8.60. The second-order valence-electron chi connectivity index (χ2n) is 6.19. The zero-order chi connectivity index (χ0) is 17.9. The Balaban J connectivity index is 1.78. The first-order valence-corrected chi connectivity index (χ1v) is 9.82. The summed E-state index contributed by atoms with van der Waals surface area (Å²) in [6.45, 7) is 5.18. The lowest BCUT2D eigenvalue weighted by Crippen LogP contribution is -2.36. The summed E-state index contributed by atoms with van der Waals surface area (Å²) in [6, 6.07) is 8.44. The molecule has 0 aliphatic carbocycles. The highest BCUT2D eigenvalue weighted by Crippen LogP contribution is 2.30. The second-order valence-corrected chi connectivity index (χ2v) is 6.80. The molecule has 0 spiro atoms. The molecule has 6 nitrogen and oxygen atoms in total. The van der Waals surface area contributed by atoms with E-state index >= 15 is 0 Å². The van der Waals surface area contributed by atoms with Crippen LogP contribution in [0.4, 0.5) is 11.5 Å². The van der Waals surface area contributed by atoms with Crippen molar-refractivity contribution in [2.75, 3.05) is 42.2 Å². The largest absolute Gasteiger partial charge is 0.378 e. The van der Waals surface area contributed by atoms with Gasteiger partial charge in [0.25, 0.3) is 0 Å². The number of hydrogen-bond donors (Lipinski definition) is 1. The first kappa shape index (κ1) is 17.1. The number of aryl methyl sites for hydroxylation is 1. The molecule has 4 rings (SSSR count). The van der Waals surface area contributed by atoms with Crippen molar-refractivity contribution in [1.29, 1.82) is 0 Å². The lowest BCUT2D eigenvalue weighted by Gasteiger charge is -2.28. The average molecular weight is 367 g/mol. The van der Waals surface area contributed by atoms with Crippen LogP contribution < -0.4 is 9.62 Å². The predicted octanol–water partition coefficient (Wildman–Crippen LogP) is 3.53. The Morgan fingerprint density at radius 3 is 2.73 bits per heavy atom. The number of ether oxygens (including phenoxy) is 1. The SMILES string of the molecule is CSNc1cc(-c2ccc3ncnc(N4CCOCC4)c3c2)cnc1C. The van der Waals surface area contributed by atoms with E-state index in [0.29, 0.717) is 0 Å². The molecule has 1 N–H and O–H groups in total. The molecule has 2 aromatic heterocycles. The fourth-order valence-corrected chi connectivity index (χ4v) is 3.58. The van der Waals surface area contributed by atoms with Gasteiger partial charge < -0.3 is 14.4 Å². The summed E-state index contributed by atoms with van der Waals surface area (Å²) in [5, 5.41) is 1.06. The molecule has 0 amide bonds. The molecule has 0 bridgehead atoms. The first-order chi connectivity index (χ1) is 12.8. The van der Waals surface area contributed by atoms with Crippen LogP contribution in [0, 0.1) is 6.92 Å². The summed E-state index contributed by atoms with van der Waals surface area (Å²) < 4.78 is 8.76. The number of pyridine rings is 1. The number of aromatic nitrogens is 3. The molecule has 7 heteroatoms. The van der Waals surface area contributed by atoms with Gasteiger partial charge in [0.2, 0.25) is 0 Å². The lowest BCUT2D eigenvalue weighted by molar-refractivity contribution is 0.122. The number of morpholine rings is 1. The molecular weight excluding hydrogens is 346 g/mol. The van der Waals surface area contributed by atoms with Crippen molar-refractivity contribution in [3.63, 3.8) is 0 Å². The van der Waals surface area contributed by atoms with E-state index in [4.69, 9.17) is 4.74 Å².